The molecule has 0 spiro atoms. The van der Waals surface area contributed by atoms with Crippen LogP contribution in [0.2, 0.25) is 0 Å². The lowest BCUT2D eigenvalue weighted by Gasteiger charge is -2.34. The van der Waals surface area contributed by atoms with Gasteiger partial charge in [0.15, 0.2) is 0 Å². The molecule has 25 heavy (non-hydrogen) atoms. The summed E-state index contributed by atoms with van der Waals surface area (Å²) in [5.74, 6) is -0.402. The summed E-state index contributed by atoms with van der Waals surface area (Å²) in [6, 6.07) is 12.0. The molecule has 1 aliphatic rings. The van der Waals surface area contributed by atoms with Gasteiger partial charge in [0.05, 0.1) is 5.56 Å². The number of rotatable bonds is 5. The first kappa shape index (κ1) is 17.4. The highest BCUT2D eigenvalue weighted by Gasteiger charge is 2.23. The van der Waals surface area contributed by atoms with E-state index in [-0.39, 0.29) is 17.3 Å². The number of benzene rings is 2. The zero-order chi connectivity index (χ0) is 17.6. The lowest BCUT2D eigenvalue weighted by atomic mass is 10.1. The number of halogens is 2. The molecule has 1 heterocycles. The Bertz CT molecular complexity index is 714. The Morgan fingerprint density at radius 3 is 2.32 bits per heavy atom. The Morgan fingerprint density at radius 2 is 1.64 bits per heavy atom. The number of amides is 1. The average molecular weight is 346 g/mol. The molecule has 0 unspecified atom stereocenters. The molecule has 132 valence electrons. The van der Waals surface area contributed by atoms with Crippen LogP contribution in [0.25, 0.3) is 0 Å². The fourth-order valence-corrected chi connectivity index (χ4v) is 2.80. The molecule has 1 fully saturated rings. The van der Waals surface area contributed by atoms with E-state index in [0.717, 1.165) is 6.54 Å². The summed E-state index contributed by atoms with van der Waals surface area (Å²) in [7, 11) is 0. The van der Waals surface area contributed by atoms with Crippen molar-refractivity contribution >= 4 is 5.91 Å². The minimum Gasteiger partial charge on any atom is -0.492 e. The van der Waals surface area contributed by atoms with Crippen molar-refractivity contribution in [2.75, 3.05) is 39.3 Å². The highest BCUT2D eigenvalue weighted by Crippen LogP contribution is 2.13. The van der Waals surface area contributed by atoms with E-state index in [0.29, 0.717) is 38.5 Å². The van der Waals surface area contributed by atoms with E-state index >= 15 is 0 Å². The Hall–Kier alpha value is -2.47. The maximum Gasteiger partial charge on any atom is 0.256 e. The average Bonchev–Trinajstić information content (AvgIpc) is 2.64. The summed E-state index contributed by atoms with van der Waals surface area (Å²) in [5, 5.41) is 0. The van der Waals surface area contributed by atoms with E-state index in [1.165, 1.54) is 24.3 Å². The maximum atomic E-state index is 13.7. The normalized spacial score (nSPS) is 15.2. The van der Waals surface area contributed by atoms with E-state index in [2.05, 4.69) is 4.90 Å². The summed E-state index contributed by atoms with van der Waals surface area (Å²) in [5.41, 5.74) is 0.121. The second kappa shape index (κ2) is 8.07. The van der Waals surface area contributed by atoms with Gasteiger partial charge in [0.1, 0.15) is 24.0 Å². The second-order valence-electron chi connectivity index (χ2n) is 5.92. The monoisotopic (exact) mass is 346 g/mol. The summed E-state index contributed by atoms with van der Waals surface area (Å²) < 4.78 is 32.1. The Kier molecular flexibility index (Phi) is 5.60. The van der Waals surface area contributed by atoms with Gasteiger partial charge in [-0.05, 0) is 36.4 Å². The zero-order valence-corrected chi connectivity index (χ0v) is 13.8. The van der Waals surface area contributed by atoms with Crippen molar-refractivity contribution in [1.82, 2.24) is 9.80 Å². The van der Waals surface area contributed by atoms with E-state index < -0.39 is 5.82 Å². The van der Waals surface area contributed by atoms with Gasteiger partial charge in [-0.1, -0.05) is 12.1 Å². The molecule has 0 N–H and O–H groups in total. The quantitative estimate of drug-likeness (QED) is 0.835. The van der Waals surface area contributed by atoms with E-state index in [9.17, 15) is 13.6 Å². The molecule has 0 bridgehead atoms. The lowest BCUT2D eigenvalue weighted by Crippen LogP contribution is -2.49. The van der Waals surface area contributed by atoms with Gasteiger partial charge < -0.3 is 9.64 Å². The van der Waals surface area contributed by atoms with Crippen LogP contribution in [0.4, 0.5) is 8.78 Å². The molecule has 3 rings (SSSR count). The molecule has 1 amide bonds. The molecule has 1 saturated heterocycles. The smallest absolute Gasteiger partial charge is 0.256 e. The third kappa shape index (κ3) is 4.54. The van der Waals surface area contributed by atoms with E-state index in [4.69, 9.17) is 4.74 Å². The highest BCUT2D eigenvalue weighted by atomic mass is 19.1. The molecule has 6 heteroatoms. The molecule has 0 radical (unpaired) electrons. The molecule has 0 atom stereocenters. The summed E-state index contributed by atoms with van der Waals surface area (Å²) in [4.78, 5) is 16.2. The van der Waals surface area contributed by atoms with Crippen molar-refractivity contribution in [2.45, 2.75) is 0 Å². The summed E-state index contributed by atoms with van der Waals surface area (Å²) >= 11 is 0. The third-order valence-electron chi connectivity index (χ3n) is 4.25. The maximum absolute atomic E-state index is 13.7. The van der Waals surface area contributed by atoms with Crippen LogP contribution < -0.4 is 4.74 Å². The first-order valence-corrected chi connectivity index (χ1v) is 8.28. The zero-order valence-electron chi connectivity index (χ0n) is 13.8. The third-order valence-corrected chi connectivity index (χ3v) is 4.25. The van der Waals surface area contributed by atoms with Crippen LogP contribution in [0.5, 0.6) is 5.75 Å². The van der Waals surface area contributed by atoms with Crippen LogP contribution in [0.3, 0.4) is 0 Å². The predicted octanol–water partition coefficient (Wildman–Crippen LogP) is 2.80. The topological polar surface area (TPSA) is 32.8 Å². The van der Waals surface area contributed by atoms with Gasteiger partial charge in [0.2, 0.25) is 0 Å². The van der Waals surface area contributed by atoms with Crippen LogP contribution in [0, 0.1) is 11.6 Å². The van der Waals surface area contributed by atoms with E-state index in [1.807, 2.05) is 0 Å². The van der Waals surface area contributed by atoms with Crippen molar-refractivity contribution in [3.63, 3.8) is 0 Å². The van der Waals surface area contributed by atoms with Crippen molar-refractivity contribution < 1.29 is 18.3 Å². The Labute approximate surface area is 145 Å². The Balaban J connectivity index is 1.43. The van der Waals surface area contributed by atoms with Gasteiger partial charge >= 0.3 is 0 Å². The number of carbonyl (C=O) groups is 1. The number of piperazine rings is 1. The van der Waals surface area contributed by atoms with Gasteiger partial charge in [-0.15, -0.1) is 0 Å². The molecule has 4 nitrogen and oxygen atoms in total. The molecule has 2 aromatic rings. The molecule has 0 saturated carbocycles. The molecule has 2 aromatic carbocycles. The minimum absolute atomic E-state index is 0.121. The van der Waals surface area contributed by atoms with Crippen molar-refractivity contribution in [3.8, 4) is 5.75 Å². The molecule has 0 aliphatic carbocycles. The summed E-state index contributed by atoms with van der Waals surface area (Å²) in [6.45, 7) is 3.76. The van der Waals surface area contributed by atoms with Crippen LogP contribution >= 0.6 is 0 Å². The number of hydrogen-bond donors (Lipinski definition) is 0. The van der Waals surface area contributed by atoms with Gasteiger partial charge in [-0.2, -0.15) is 0 Å². The number of ether oxygens (including phenoxy) is 1. The molecular formula is C19H20F2N2O2. The first-order valence-electron chi connectivity index (χ1n) is 8.28. The predicted molar refractivity (Wildman–Crippen MR) is 90.6 cm³/mol. The van der Waals surface area contributed by atoms with E-state index in [1.54, 1.807) is 29.2 Å². The SMILES string of the molecule is O=C(c1ccccc1F)N1CCN(CCOc2ccc(F)cc2)CC1. The fraction of sp³-hybridized carbons (Fsp3) is 0.316. The van der Waals surface area contributed by atoms with Crippen LogP contribution in [-0.2, 0) is 0 Å². The molecule has 0 aromatic heterocycles. The number of hydrogen-bond acceptors (Lipinski definition) is 3. The largest absolute Gasteiger partial charge is 0.492 e. The number of carbonyl (C=O) groups excluding carboxylic acids is 1. The summed E-state index contributed by atoms with van der Waals surface area (Å²) in [6.07, 6.45) is 0. The van der Waals surface area contributed by atoms with Gasteiger partial charge in [-0.25, -0.2) is 8.78 Å². The van der Waals surface area contributed by atoms with Crippen molar-refractivity contribution in [3.05, 3.63) is 65.7 Å². The van der Waals surface area contributed by atoms with Crippen LogP contribution in [-0.4, -0.2) is 55.0 Å². The van der Waals surface area contributed by atoms with Crippen LogP contribution in [0.15, 0.2) is 48.5 Å². The fourth-order valence-electron chi connectivity index (χ4n) is 2.80. The molecular weight excluding hydrogens is 326 g/mol. The standard InChI is InChI=1S/C19H20F2N2O2/c20-15-5-7-16(8-6-15)25-14-13-22-9-11-23(12-10-22)19(24)17-3-1-2-4-18(17)21/h1-8H,9-14H2. The van der Waals surface area contributed by atoms with Gasteiger partial charge in [-0.3, -0.25) is 9.69 Å². The second-order valence-corrected chi connectivity index (χ2v) is 5.92. The Morgan fingerprint density at radius 1 is 0.960 bits per heavy atom. The number of nitrogens with zero attached hydrogens (tertiary/aromatic N) is 2. The van der Waals surface area contributed by atoms with Crippen molar-refractivity contribution in [1.29, 1.82) is 0 Å². The highest BCUT2D eigenvalue weighted by molar-refractivity contribution is 5.94. The first-order chi connectivity index (χ1) is 12.1. The lowest BCUT2D eigenvalue weighted by molar-refractivity contribution is 0.0616. The van der Waals surface area contributed by atoms with Gasteiger partial charge in [0, 0.05) is 32.7 Å². The minimum atomic E-state index is -0.484. The van der Waals surface area contributed by atoms with Gasteiger partial charge in [0.25, 0.3) is 5.91 Å². The van der Waals surface area contributed by atoms with Crippen LogP contribution in [0.1, 0.15) is 10.4 Å². The molecule has 1 aliphatic heterocycles. The van der Waals surface area contributed by atoms with Crippen molar-refractivity contribution in [2.24, 2.45) is 0 Å².